The van der Waals surface area contributed by atoms with Crippen molar-refractivity contribution in [2.24, 2.45) is 0 Å². The van der Waals surface area contributed by atoms with Gasteiger partial charge in [0, 0.05) is 17.3 Å². The molecule has 140 valence electrons. The lowest BCUT2D eigenvalue weighted by atomic mass is 10.2. The summed E-state index contributed by atoms with van der Waals surface area (Å²) in [6.07, 6.45) is 0. The fourth-order valence-corrected chi connectivity index (χ4v) is 3.71. The molecule has 1 amide bonds. The van der Waals surface area contributed by atoms with E-state index in [0.29, 0.717) is 17.2 Å². The molecule has 1 heterocycles. The summed E-state index contributed by atoms with van der Waals surface area (Å²) < 4.78 is 11.9. The molecule has 0 aliphatic rings. The van der Waals surface area contributed by atoms with Crippen LogP contribution in [0.2, 0.25) is 0 Å². The van der Waals surface area contributed by atoms with E-state index in [1.807, 2.05) is 54.6 Å². The lowest BCUT2D eigenvalue weighted by Gasteiger charge is -2.09. The minimum absolute atomic E-state index is 0.0717. The monoisotopic (exact) mass is 390 g/mol. The van der Waals surface area contributed by atoms with E-state index in [9.17, 15) is 4.79 Å². The highest BCUT2D eigenvalue weighted by molar-refractivity contribution is 7.21. The largest absolute Gasteiger partial charge is 0.497 e. The molecule has 0 fully saturated rings. The standard InChI is InChI=1S/C22H18N2O3S/c1-26-18-6-4-5-16(13-18)23-21(25)14-27-17-11-9-15(10-12-17)22-24-19-7-2-3-8-20(19)28-22/h2-13H,14H2,1H3,(H,23,25). The second-order valence-corrected chi connectivity index (χ2v) is 7.11. The van der Waals surface area contributed by atoms with E-state index < -0.39 is 0 Å². The number of hydrogen-bond donors (Lipinski definition) is 1. The Morgan fingerprint density at radius 2 is 1.82 bits per heavy atom. The number of para-hydroxylation sites is 1. The van der Waals surface area contributed by atoms with Crippen LogP contribution in [-0.2, 0) is 4.79 Å². The Kier molecular flexibility index (Phi) is 5.21. The Morgan fingerprint density at radius 1 is 1.00 bits per heavy atom. The fraction of sp³-hybridized carbons (Fsp3) is 0.0909. The molecule has 3 aromatic carbocycles. The van der Waals surface area contributed by atoms with Crippen LogP contribution < -0.4 is 14.8 Å². The average Bonchev–Trinajstić information content (AvgIpc) is 3.17. The number of carbonyl (C=O) groups excluding carboxylic acids is 1. The van der Waals surface area contributed by atoms with Crippen molar-refractivity contribution in [1.29, 1.82) is 0 Å². The second kappa shape index (κ2) is 8.10. The van der Waals surface area contributed by atoms with Gasteiger partial charge in [-0.2, -0.15) is 0 Å². The number of carbonyl (C=O) groups is 1. The summed E-state index contributed by atoms with van der Waals surface area (Å²) in [5.74, 6) is 1.08. The van der Waals surface area contributed by atoms with E-state index in [1.165, 1.54) is 0 Å². The molecule has 1 N–H and O–H groups in total. The van der Waals surface area contributed by atoms with E-state index in [-0.39, 0.29) is 12.5 Å². The van der Waals surface area contributed by atoms with Gasteiger partial charge >= 0.3 is 0 Å². The predicted molar refractivity (Wildman–Crippen MR) is 112 cm³/mol. The summed E-state index contributed by atoms with van der Waals surface area (Å²) in [5.41, 5.74) is 2.69. The molecular formula is C22H18N2O3S. The molecule has 28 heavy (non-hydrogen) atoms. The highest BCUT2D eigenvalue weighted by Gasteiger charge is 2.08. The van der Waals surface area contributed by atoms with Crippen molar-refractivity contribution < 1.29 is 14.3 Å². The van der Waals surface area contributed by atoms with E-state index >= 15 is 0 Å². The van der Waals surface area contributed by atoms with E-state index in [0.717, 1.165) is 20.8 Å². The number of anilines is 1. The van der Waals surface area contributed by atoms with Crippen LogP contribution >= 0.6 is 11.3 Å². The summed E-state index contributed by atoms with van der Waals surface area (Å²) >= 11 is 1.65. The maximum absolute atomic E-state index is 12.1. The van der Waals surface area contributed by atoms with Gasteiger partial charge in [-0.15, -0.1) is 11.3 Å². The first-order valence-corrected chi connectivity index (χ1v) is 9.55. The number of ether oxygens (including phenoxy) is 2. The van der Waals surface area contributed by atoms with Crippen LogP contribution in [0.15, 0.2) is 72.8 Å². The number of nitrogens with zero attached hydrogens (tertiary/aromatic N) is 1. The van der Waals surface area contributed by atoms with Crippen molar-refractivity contribution in [2.45, 2.75) is 0 Å². The normalized spacial score (nSPS) is 10.6. The van der Waals surface area contributed by atoms with Crippen molar-refractivity contribution in [3.05, 3.63) is 72.8 Å². The van der Waals surface area contributed by atoms with Crippen LogP contribution in [0.25, 0.3) is 20.8 Å². The highest BCUT2D eigenvalue weighted by atomic mass is 32.1. The third-order valence-corrected chi connectivity index (χ3v) is 5.20. The highest BCUT2D eigenvalue weighted by Crippen LogP contribution is 2.30. The van der Waals surface area contributed by atoms with Crippen LogP contribution in [0.5, 0.6) is 11.5 Å². The summed E-state index contributed by atoms with van der Waals surface area (Å²) in [5, 5.41) is 3.75. The smallest absolute Gasteiger partial charge is 0.262 e. The maximum Gasteiger partial charge on any atom is 0.262 e. The third kappa shape index (κ3) is 4.13. The first kappa shape index (κ1) is 18.0. The molecule has 0 unspecified atom stereocenters. The second-order valence-electron chi connectivity index (χ2n) is 6.08. The molecule has 0 spiro atoms. The Morgan fingerprint density at radius 3 is 2.61 bits per heavy atom. The third-order valence-electron chi connectivity index (χ3n) is 4.12. The van der Waals surface area contributed by atoms with Crippen LogP contribution in [-0.4, -0.2) is 24.6 Å². The zero-order valence-electron chi connectivity index (χ0n) is 15.2. The fourth-order valence-electron chi connectivity index (χ4n) is 2.74. The number of aromatic nitrogens is 1. The molecular weight excluding hydrogens is 372 g/mol. The Balaban J connectivity index is 1.37. The molecule has 0 aliphatic heterocycles. The molecule has 4 aromatic rings. The van der Waals surface area contributed by atoms with Gasteiger partial charge in [0.05, 0.1) is 17.3 Å². The summed E-state index contributed by atoms with van der Waals surface area (Å²) in [6.45, 7) is -0.0717. The lowest BCUT2D eigenvalue weighted by Crippen LogP contribution is -2.20. The molecule has 0 bridgehead atoms. The SMILES string of the molecule is COc1cccc(NC(=O)COc2ccc(-c3nc4ccccc4s3)cc2)c1. The quantitative estimate of drug-likeness (QED) is 0.504. The molecule has 6 heteroatoms. The number of rotatable bonds is 6. The summed E-state index contributed by atoms with van der Waals surface area (Å²) in [4.78, 5) is 16.7. The topological polar surface area (TPSA) is 60.5 Å². The number of methoxy groups -OCH3 is 1. The van der Waals surface area contributed by atoms with Crippen molar-refractivity contribution in [2.75, 3.05) is 19.0 Å². The van der Waals surface area contributed by atoms with Gasteiger partial charge in [0.25, 0.3) is 5.91 Å². The molecule has 0 saturated heterocycles. The first-order chi connectivity index (χ1) is 13.7. The van der Waals surface area contributed by atoms with Gasteiger partial charge < -0.3 is 14.8 Å². The summed E-state index contributed by atoms with van der Waals surface area (Å²) in [6, 6.07) is 22.9. The molecule has 5 nitrogen and oxygen atoms in total. The minimum Gasteiger partial charge on any atom is -0.497 e. The van der Waals surface area contributed by atoms with Gasteiger partial charge in [0.15, 0.2) is 6.61 Å². The van der Waals surface area contributed by atoms with Crippen LogP contribution in [0.4, 0.5) is 5.69 Å². The molecule has 4 rings (SSSR count). The Bertz CT molecular complexity index is 1070. The van der Waals surface area contributed by atoms with Crippen molar-refractivity contribution in [3.63, 3.8) is 0 Å². The molecule has 0 saturated carbocycles. The molecule has 1 aromatic heterocycles. The average molecular weight is 390 g/mol. The molecule has 0 atom stereocenters. The number of amides is 1. The summed E-state index contributed by atoms with van der Waals surface area (Å²) in [7, 11) is 1.59. The number of benzene rings is 3. The predicted octanol–water partition coefficient (Wildman–Crippen LogP) is 4.99. The number of fused-ring (bicyclic) bond motifs is 1. The van der Waals surface area contributed by atoms with Crippen LogP contribution in [0, 0.1) is 0 Å². The zero-order chi connectivity index (χ0) is 19.3. The van der Waals surface area contributed by atoms with E-state index in [4.69, 9.17) is 9.47 Å². The number of thiazole rings is 1. The van der Waals surface area contributed by atoms with Gasteiger partial charge in [-0.05, 0) is 48.5 Å². The van der Waals surface area contributed by atoms with Crippen molar-refractivity contribution in [3.8, 4) is 22.1 Å². The minimum atomic E-state index is -0.233. The van der Waals surface area contributed by atoms with Gasteiger partial charge in [-0.1, -0.05) is 18.2 Å². The van der Waals surface area contributed by atoms with Crippen LogP contribution in [0.3, 0.4) is 0 Å². The van der Waals surface area contributed by atoms with Gasteiger partial charge in [0.1, 0.15) is 16.5 Å². The van der Waals surface area contributed by atoms with Gasteiger partial charge in [-0.3, -0.25) is 4.79 Å². The van der Waals surface area contributed by atoms with E-state index in [1.54, 1.807) is 30.6 Å². The maximum atomic E-state index is 12.1. The Hall–Kier alpha value is -3.38. The number of nitrogens with one attached hydrogen (secondary N) is 1. The van der Waals surface area contributed by atoms with Crippen LogP contribution in [0.1, 0.15) is 0 Å². The first-order valence-electron chi connectivity index (χ1n) is 8.74. The number of hydrogen-bond acceptors (Lipinski definition) is 5. The van der Waals surface area contributed by atoms with Gasteiger partial charge in [0.2, 0.25) is 0 Å². The van der Waals surface area contributed by atoms with E-state index in [2.05, 4.69) is 16.4 Å². The molecule has 0 aliphatic carbocycles. The molecule has 0 radical (unpaired) electrons. The van der Waals surface area contributed by atoms with Gasteiger partial charge in [-0.25, -0.2) is 4.98 Å². The zero-order valence-corrected chi connectivity index (χ0v) is 16.0. The van der Waals surface area contributed by atoms with Crippen molar-refractivity contribution >= 4 is 33.1 Å². The lowest BCUT2D eigenvalue weighted by molar-refractivity contribution is -0.118. The van der Waals surface area contributed by atoms with Crippen molar-refractivity contribution in [1.82, 2.24) is 4.98 Å². The Labute approximate surface area is 166 Å².